The minimum atomic E-state index is 0.863. The Hall–Kier alpha value is -7.56. The van der Waals surface area contributed by atoms with Gasteiger partial charge in [0.15, 0.2) is 0 Å². The van der Waals surface area contributed by atoms with Crippen LogP contribution in [-0.2, 0) is 0 Å². The van der Waals surface area contributed by atoms with Gasteiger partial charge in [-0.1, -0.05) is 121 Å². The van der Waals surface area contributed by atoms with Gasteiger partial charge < -0.3 is 18.8 Å². The van der Waals surface area contributed by atoms with Gasteiger partial charge in [0.2, 0.25) is 0 Å². The molecule has 0 saturated heterocycles. The molecule has 0 N–H and O–H groups in total. The zero-order valence-electron chi connectivity index (χ0n) is 30.5. The smallest absolute Gasteiger partial charge is 0.137 e. The summed E-state index contributed by atoms with van der Waals surface area (Å²) < 4.78 is 9.06. The Kier molecular flexibility index (Phi) is 7.46. The zero-order valence-corrected chi connectivity index (χ0v) is 30.5. The Balaban J connectivity index is 1.26. The fourth-order valence-corrected chi connectivity index (χ4v) is 8.50. The lowest BCUT2D eigenvalue weighted by atomic mass is 10.0. The summed E-state index contributed by atoms with van der Waals surface area (Å²) in [6.45, 7) is 0. The van der Waals surface area contributed by atoms with Crippen LogP contribution in [0.5, 0.6) is 0 Å². The van der Waals surface area contributed by atoms with Crippen LogP contribution in [0.15, 0.2) is 217 Å². The number of furan rings is 1. The van der Waals surface area contributed by atoms with Gasteiger partial charge in [-0.2, -0.15) is 0 Å². The van der Waals surface area contributed by atoms with Crippen molar-refractivity contribution in [3.8, 4) is 5.69 Å². The summed E-state index contributed by atoms with van der Waals surface area (Å²) in [5.41, 5.74) is 11.4. The van der Waals surface area contributed by atoms with Crippen LogP contribution in [0.4, 0.5) is 34.1 Å². The molecular formula is C52H35N3O. The Morgan fingerprint density at radius 3 is 1.54 bits per heavy atom. The molecule has 11 rings (SSSR count). The first kappa shape index (κ1) is 31.9. The molecular weight excluding hydrogens is 683 g/mol. The molecule has 0 aliphatic rings. The molecule has 4 heteroatoms. The quantitative estimate of drug-likeness (QED) is 0.164. The predicted octanol–water partition coefficient (Wildman–Crippen LogP) is 14.8. The molecule has 0 amide bonds. The van der Waals surface area contributed by atoms with E-state index in [9.17, 15) is 0 Å². The SMILES string of the molecule is c1ccc(N(c2ccccc2)c2cc(N(c3ccccc3)c3ccccc3)c3c4ccccc4n(-c4ccc5c(c4)oc4ccc6ccccc6c45)c3c2)cc1. The van der Waals surface area contributed by atoms with Gasteiger partial charge in [-0.3, -0.25) is 0 Å². The second-order valence-electron chi connectivity index (χ2n) is 14.2. The average Bonchev–Trinajstić information content (AvgIpc) is 3.81. The summed E-state index contributed by atoms with van der Waals surface area (Å²) in [6, 6.07) is 75.6. The molecule has 0 unspecified atom stereocenters. The number of nitrogens with zero attached hydrogens (tertiary/aromatic N) is 3. The van der Waals surface area contributed by atoms with Crippen LogP contribution in [0, 0.1) is 0 Å². The van der Waals surface area contributed by atoms with Gasteiger partial charge >= 0.3 is 0 Å². The van der Waals surface area contributed by atoms with Crippen molar-refractivity contribution in [2.24, 2.45) is 0 Å². The third-order valence-electron chi connectivity index (χ3n) is 10.9. The van der Waals surface area contributed by atoms with Crippen LogP contribution in [0.3, 0.4) is 0 Å². The summed E-state index contributed by atoms with van der Waals surface area (Å²) in [5, 5.41) is 7.00. The van der Waals surface area contributed by atoms with E-state index in [1.165, 1.54) is 16.2 Å². The first-order chi connectivity index (χ1) is 27.8. The molecule has 11 aromatic rings. The predicted molar refractivity (Wildman–Crippen MR) is 235 cm³/mol. The summed E-state index contributed by atoms with van der Waals surface area (Å²) in [5.74, 6) is 0. The Morgan fingerprint density at radius 1 is 0.339 bits per heavy atom. The van der Waals surface area contributed by atoms with E-state index in [2.05, 4.69) is 227 Å². The Bertz CT molecular complexity index is 3110. The second-order valence-corrected chi connectivity index (χ2v) is 14.2. The van der Waals surface area contributed by atoms with Gasteiger partial charge in [0.05, 0.1) is 22.4 Å². The van der Waals surface area contributed by atoms with E-state index in [0.717, 1.165) is 78.2 Å². The summed E-state index contributed by atoms with van der Waals surface area (Å²) >= 11 is 0. The minimum absolute atomic E-state index is 0.863. The molecule has 0 saturated carbocycles. The standard InChI is InChI=1S/C52H35N3O/c1-5-18-37(19-6-1)53(38-20-7-2-8-21-38)42-33-47(54(39-22-9-3-10-23-39)40-24-11-4-12-25-40)52-44-27-15-16-28-46(44)55(48(52)34-42)41-30-31-45-50(35-41)56-49-32-29-36-17-13-14-26-43(36)51(45)49/h1-35H. The molecule has 2 heterocycles. The van der Waals surface area contributed by atoms with Gasteiger partial charge in [-0.05, 0) is 95.7 Å². The monoisotopic (exact) mass is 717 g/mol. The topological polar surface area (TPSA) is 24.6 Å². The van der Waals surface area contributed by atoms with Crippen molar-refractivity contribution in [2.75, 3.05) is 9.80 Å². The van der Waals surface area contributed by atoms with Crippen molar-refractivity contribution in [2.45, 2.75) is 0 Å². The molecule has 0 atom stereocenters. The first-order valence-electron chi connectivity index (χ1n) is 19.0. The van der Waals surface area contributed by atoms with Gasteiger partial charge in [0, 0.05) is 56.0 Å². The van der Waals surface area contributed by atoms with Crippen molar-refractivity contribution < 1.29 is 4.42 Å². The highest BCUT2D eigenvalue weighted by molar-refractivity contribution is 6.20. The van der Waals surface area contributed by atoms with Crippen LogP contribution >= 0.6 is 0 Å². The number of aromatic nitrogens is 1. The molecule has 4 nitrogen and oxygen atoms in total. The van der Waals surface area contributed by atoms with E-state index in [1.807, 2.05) is 0 Å². The molecule has 0 aliphatic heterocycles. The number of anilines is 6. The van der Waals surface area contributed by atoms with Crippen LogP contribution in [-0.4, -0.2) is 4.57 Å². The van der Waals surface area contributed by atoms with Crippen molar-refractivity contribution in [3.05, 3.63) is 212 Å². The van der Waals surface area contributed by atoms with Crippen LogP contribution < -0.4 is 9.80 Å². The maximum absolute atomic E-state index is 6.65. The lowest BCUT2D eigenvalue weighted by Crippen LogP contribution is -2.14. The molecule has 0 radical (unpaired) electrons. The third-order valence-corrected chi connectivity index (χ3v) is 10.9. The average molecular weight is 718 g/mol. The Morgan fingerprint density at radius 2 is 0.893 bits per heavy atom. The van der Waals surface area contributed by atoms with E-state index in [4.69, 9.17) is 4.42 Å². The number of hydrogen-bond donors (Lipinski definition) is 0. The molecule has 264 valence electrons. The summed E-state index contributed by atoms with van der Waals surface area (Å²) in [7, 11) is 0. The highest BCUT2D eigenvalue weighted by atomic mass is 16.3. The lowest BCUT2D eigenvalue weighted by Gasteiger charge is -2.30. The van der Waals surface area contributed by atoms with Crippen LogP contribution in [0.2, 0.25) is 0 Å². The van der Waals surface area contributed by atoms with Gasteiger partial charge in [0.1, 0.15) is 11.2 Å². The van der Waals surface area contributed by atoms with E-state index >= 15 is 0 Å². The molecule has 0 aliphatic carbocycles. The largest absolute Gasteiger partial charge is 0.456 e. The zero-order chi connectivity index (χ0) is 37.0. The first-order valence-corrected chi connectivity index (χ1v) is 19.0. The van der Waals surface area contributed by atoms with Gasteiger partial charge in [0.25, 0.3) is 0 Å². The number of rotatable bonds is 7. The maximum atomic E-state index is 6.65. The van der Waals surface area contributed by atoms with E-state index < -0.39 is 0 Å². The van der Waals surface area contributed by atoms with Crippen molar-refractivity contribution in [3.63, 3.8) is 0 Å². The minimum Gasteiger partial charge on any atom is -0.456 e. The molecule has 0 bridgehead atoms. The van der Waals surface area contributed by atoms with Gasteiger partial charge in [-0.25, -0.2) is 0 Å². The van der Waals surface area contributed by atoms with Crippen molar-refractivity contribution in [1.29, 1.82) is 0 Å². The molecule has 0 fully saturated rings. The highest BCUT2D eigenvalue weighted by Crippen LogP contribution is 2.48. The third kappa shape index (κ3) is 5.15. The fraction of sp³-hybridized carbons (Fsp3) is 0. The maximum Gasteiger partial charge on any atom is 0.137 e. The van der Waals surface area contributed by atoms with Crippen molar-refractivity contribution >= 4 is 88.6 Å². The number of fused-ring (bicyclic) bond motifs is 8. The molecule has 56 heavy (non-hydrogen) atoms. The van der Waals surface area contributed by atoms with Gasteiger partial charge in [-0.15, -0.1) is 0 Å². The van der Waals surface area contributed by atoms with Crippen LogP contribution in [0.25, 0.3) is 60.2 Å². The molecule has 9 aromatic carbocycles. The number of benzene rings is 9. The molecule has 0 spiro atoms. The van der Waals surface area contributed by atoms with E-state index in [1.54, 1.807) is 0 Å². The number of para-hydroxylation sites is 5. The van der Waals surface area contributed by atoms with E-state index in [0.29, 0.717) is 0 Å². The highest BCUT2D eigenvalue weighted by Gasteiger charge is 2.25. The lowest BCUT2D eigenvalue weighted by molar-refractivity contribution is 0.669. The normalized spacial score (nSPS) is 11.6. The van der Waals surface area contributed by atoms with Crippen molar-refractivity contribution in [1.82, 2.24) is 4.57 Å². The summed E-state index contributed by atoms with van der Waals surface area (Å²) in [4.78, 5) is 4.75. The molecule has 2 aromatic heterocycles. The summed E-state index contributed by atoms with van der Waals surface area (Å²) in [6.07, 6.45) is 0. The van der Waals surface area contributed by atoms with E-state index in [-0.39, 0.29) is 0 Å². The second kappa shape index (κ2) is 13.1. The van der Waals surface area contributed by atoms with Crippen LogP contribution in [0.1, 0.15) is 0 Å². The fourth-order valence-electron chi connectivity index (χ4n) is 8.50. The Labute approximate surface area is 324 Å². The number of hydrogen-bond acceptors (Lipinski definition) is 3.